The summed E-state index contributed by atoms with van der Waals surface area (Å²) in [6.45, 7) is 6.84. The number of rotatable bonds is 5. The summed E-state index contributed by atoms with van der Waals surface area (Å²) in [7, 11) is 0. The van der Waals surface area contributed by atoms with Crippen molar-refractivity contribution in [3.63, 3.8) is 0 Å². The second-order valence-electron chi connectivity index (χ2n) is 9.15. The summed E-state index contributed by atoms with van der Waals surface area (Å²) in [6, 6.07) is 17.1. The molecule has 0 unspecified atom stereocenters. The molecule has 0 spiro atoms. The van der Waals surface area contributed by atoms with Crippen molar-refractivity contribution in [3.05, 3.63) is 81.1 Å². The summed E-state index contributed by atoms with van der Waals surface area (Å²) < 4.78 is 0. The molecule has 1 saturated carbocycles. The Morgan fingerprint density at radius 2 is 1.78 bits per heavy atom. The fourth-order valence-electron chi connectivity index (χ4n) is 4.68. The molecule has 0 aliphatic heterocycles. The zero-order valence-corrected chi connectivity index (χ0v) is 20.1. The first-order valence-corrected chi connectivity index (χ1v) is 12.1. The number of benzene rings is 2. The number of hydrogen-bond donors (Lipinski definition) is 2. The Bertz CT molecular complexity index is 1150. The van der Waals surface area contributed by atoms with E-state index in [9.17, 15) is 4.79 Å². The average Bonchev–Trinajstić information content (AvgIpc) is 2.80. The molecule has 2 aromatic carbocycles. The van der Waals surface area contributed by atoms with E-state index in [0.717, 1.165) is 34.4 Å². The molecule has 2 N–H and O–H groups in total. The Morgan fingerprint density at radius 1 is 1.09 bits per heavy atom. The van der Waals surface area contributed by atoms with Crippen molar-refractivity contribution in [2.24, 2.45) is 0 Å². The van der Waals surface area contributed by atoms with Crippen molar-refractivity contribution < 1.29 is 0 Å². The summed E-state index contributed by atoms with van der Waals surface area (Å²) in [6.07, 6.45) is 5.94. The van der Waals surface area contributed by atoms with Crippen LogP contribution in [0.15, 0.2) is 53.3 Å². The first kappa shape index (κ1) is 22.5. The third-order valence-corrected chi connectivity index (χ3v) is 7.14. The van der Waals surface area contributed by atoms with E-state index in [1.807, 2.05) is 24.3 Å². The number of fused-ring (bicyclic) bond motifs is 1. The molecule has 32 heavy (non-hydrogen) atoms. The molecule has 3 aromatic rings. The minimum absolute atomic E-state index is 0.0273. The number of H-pyrrole nitrogens is 1. The van der Waals surface area contributed by atoms with Crippen LogP contribution in [0.25, 0.3) is 10.9 Å². The van der Waals surface area contributed by atoms with E-state index in [1.165, 1.54) is 36.0 Å². The maximum Gasteiger partial charge on any atom is 0.253 e. The fraction of sp³-hybridized carbons (Fsp3) is 0.407. The Hall–Kier alpha value is -2.66. The second-order valence-corrected chi connectivity index (χ2v) is 9.54. The predicted molar refractivity (Wildman–Crippen MR) is 137 cm³/mol. The van der Waals surface area contributed by atoms with E-state index in [2.05, 4.69) is 60.2 Å². The highest BCUT2D eigenvalue weighted by Crippen LogP contribution is 2.25. The van der Waals surface area contributed by atoms with Gasteiger partial charge in [0.05, 0.1) is 12.6 Å². The van der Waals surface area contributed by atoms with Crippen molar-refractivity contribution in [1.82, 2.24) is 15.2 Å². The molecule has 168 valence electrons. The molecule has 1 aromatic heterocycles. The molecule has 1 aliphatic carbocycles. The quantitative estimate of drug-likeness (QED) is 0.477. The molecule has 0 saturated heterocycles. The van der Waals surface area contributed by atoms with E-state index < -0.39 is 0 Å². The molecule has 0 amide bonds. The zero-order chi connectivity index (χ0) is 22.7. The summed E-state index contributed by atoms with van der Waals surface area (Å²) in [4.78, 5) is 18.3. The van der Waals surface area contributed by atoms with Crippen LogP contribution in [0.3, 0.4) is 0 Å². The number of thiocarbonyl (C=S) groups is 1. The molecular formula is C27H33N3OS. The number of nitrogens with zero attached hydrogens (tertiary/aromatic N) is 1. The normalized spacial score (nSPS) is 15.5. The highest BCUT2D eigenvalue weighted by molar-refractivity contribution is 7.80. The molecule has 0 radical (unpaired) electrons. The van der Waals surface area contributed by atoms with Crippen LogP contribution < -0.4 is 10.9 Å². The van der Waals surface area contributed by atoms with E-state index >= 15 is 0 Å². The van der Waals surface area contributed by atoms with E-state index in [4.69, 9.17) is 12.2 Å². The van der Waals surface area contributed by atoms with E-state index in [-0.39, 0.29) is 11.6 Å². The van der Waals surface area contributed by atoms with Crippen LogP contribution in [0, 0.1) is 13.8 Å². The van der Waals surface area contributed by atoms with Gasteiger partial charge in [0.2, 0.25) is 0 Å². The lowest BCUT2D eigenvalue weighted by Crippen LogP contribution is -2.47. The molecule has 1 heterocycles. The standard InChI is InChI=1S/C27H33N3OS/c1-18-14-22-16-23(26(31)29-25(22)15-19(18)2)17-30(24-12-8-5-9-13-24)27(32)28-20(3)21-10-6-4-7-11-21/h4,6-7,10-11,14-16,20,24H,5,8-9,12-13,17H2,1-3H3,(H,28,32)(H,29,31)/t20-/m0/s1. The van der Waals surface area contributed by atoms with Gasteiger partial charge in [-0.15, -0.1) is 0 Å². The van der Waals surface area contributed by atoms with Crippen molar-refractivity contribution >= 4 is 28.2 Å². The lowest BCUT2D eigenvalue weighted by Gasteiger charge is -2.37. The van der Waals surface area contributed by atoms with Gasteiger partial charge in [0, 0.05) is 17.1 Å². The van der Waals surface area contributed by atoms with Gasteiger partial charge < -0.3 is 15.2 Å². The zero-order valence-electron chi connectivity index (χ0n) is 19.3. The third-order valence-electron chi connectivity index (χ3n) is 6.79. The first-order valence-electron chi connectivity index (χ1n) is 11.7. The van der Waals surface area contributed by atoms with Gasteiger partial charge >= 0.3 is 0 Å². The Morgan fingerprint density at radius 3 is 2.50 bits per heavy atom. The lowest BCUT2D eigenvalue weighted by molar-refractivity contribution is 0.233. The van der Waals surface area contributed by atoms with Crippen molar-refractivity contribution in [2.75, 3.05) is 0 Å². The Kier molecular flexibility index (Phi) is 6.95. The van der Waals surface area contributed by atoms with Gasteiger partial charge in [-0.1, -0.05) is 49.6 Å². The minimum atomic E-state index is -0.0273. The van der Waals surface area contributed by atoms with Crippen molar-refractivity contribution in [3.8, 4) is 0 Å². The maximum absolute atomic E-state index is 13.0. The van der Waals surface area contributed by atoms with Crippen molar-refractivity contribution in [2.45, 2.75) is 71.5 Å². The molecule has 4 rings (SSSR count). The molecule has 1 atom stereocenters. The smallest absolute Gasteiger partial charge is 0.253 e. The highest BCUT2D eigenvalue weighted by atomic mass is 32.1. The molecular weight excluding hydrogens is 414 g/mol. The average molecular weight is 448 g/mol. The second kappa shape index (κ2) is 9.86. The number of hydrogen-bond acceptors (Lipinski definition) is 2. The number of aromatic nitrogens is 1. The molecule has 1 aliphatic rings. The Labute approximate surface area is 196 Å². The van der Waals surface area contributed by atoms with Crippen molar-refractivity contribution in [1.29, 1.82) is 0 Å². The van der Waals surface area contributed by atoms with Crippen LogP contribution in [0.5, 0.6) is 0 Å². The van der Waals surface area contributed by atoms with Crippen LogP contribution in [0.4, 0.5) is 0 Å². The van der Waals surface area contributed by atoms with Crippen LogP contribution in [0.1, 0.15) is 67.3 Å². The Balaban J connectivity index is 1.62. The number of nitrogens with one attached hydrogen (secondary N) is 2. The van der Waals surface area contributed by atoms with Gasteiger partial charge in [0.25, 0.3) is 5.56 Å². The van der Waals surface area contributed by atoms with Crippen LogP contribution in [0.2, 0.25) is 0 Å². The largest absolute Gasteiger partial charge is 0.356 e. The number of aryl methyl sites for hydroxylation is 2. The minimum Gasteiger partial charge on any atom is -0.356 e. The lowest BCUT2D eigenvalue weighted by atomic mass is 9.94. The van der Waals surface area contributed by atoms with Crippen LogP contribution in [-0.4, -0.2) is 21.0 Å². The van der Waals surface area contributed by atoms with Gasteiger partial charge in [-0.25, -0.2) is 0 Å². The highest BCUT2D eigenvalue weighted by Gasteiger charge is 2.25. The van der Waals surface area contributed by atoms with Gasteiger partial charge in [-0.3, -0.25) is 4.79 Å². The van der Waals surface area contributed by atoms with Gasteiger partial charge in [-0.05, 0) is 86.1 Å². The van der Waals surface area contributed by atoms with Crippen LogP contribution >= 0.6 is 12.2 Å². The summed E-state index contributed by atoms with van der Waals surface area (Å²) in [5.74, 6) is 0. The van der Waals surface area contributed by atoms with E-state index in [0.29, 0.717) is 12.6 Å². The summed E-state index contributed by atoms with van der Waals surface area (Å²) >= 11 is 5.91. The molecule has 0 bridgehead atoms. The van der Waals surface area contributed by atoms with Crippen LogP contribution in [-0.2, 0) is 6.54 Å². The summed E-state index contributed by atoms with van der Waals surface area (Å²) in [5.41, 5.74) is 5.25. The molecule has 4 nitrogen and oxygen atoms in total. The van der Waals surface area contributed by atoms with Gasteiger partial charge in [0.1, 0.15) is 0 Å². The number of aromatic amines is 1. The van der Waals surface area contributed by atoms with E-state index in [1.54, 1.807) is 0 Å². The predicted octanol–water partition coefficient (Wildman–Crippen LogP) is 5.92. The third kappa shape index (κ3) is 5.04. The molecule has 1 fully saturated rings. The fourth-order valence-corrected chi connectivity index (χ4v) is 5.07. The SMILES string of the molecule is Cc1cc2cc(CN(C(=S)N[C@@H](C)c3ccccc3)C3CCCCC3)c(=O)[nH]c2cc1C. The molecule has 5 heteroatoms. The van der Waals surface area contributed by atoms with Gasteiger partial charge in [0.15, 0.2) is 5.11 Å². The maximum atomic E-state index is 13.0. The first-order chi connectivity index (χ1) is 15.4. The monoisotopic (exact) mass is 447 g/mol. The number of pyridine rings is 1. The summed E-state index contributed by atoms with van der Waals surface area (Å²) in [5, 5.41) is 5.33. The van der Waals surface area contributed by atoms with Gasteiger partial charge in [-0.2, -0.15) is 0 Å². The topological polar surface area (TPSA) is 48.1 Å².